The first-order chi connectivity index (χ1) is 14.5. The maximum absolute atomic E-state index is 12.7. The van der Waals surface area contributed by atoms with E-state index in [1.54, 1.807) is 12.1 Å². The predicted molar refractivity (Wildman–Crippen MR) is 121 cm³/mol. The number of amides is 1. The number of benzene rings is 2. The van der Waals surface area contributed by atoms with Gasteiger partial charge < -0.3 is 9.80 Å². The Labute approximate surface area is 186 Å². The summed E-state index contributed by atoms with van der Waals surface area (Å²) >= 11 is 12.2. The number of piperazine rings is 1. The van der Waals surface area contributed by atoms with Crippen molar-refractivity contribution < 1.29 is 4.79 Å². The van der Waals surface area contributed by atoms with Gasteiger partial charge in [-0.2, -0.15) is 0 Å². The molecule has 0 spiro atoms. The molecule has 1 amide bonds. The van der Waals surface area contributed by atoms with E-state index in [9.17, 15) is 4.79 Å². The van der Waals surface area contributed by atoms with Crippen molar-refractivity contribution in [1.29, 1.82) is 0 Å². The maximum atomic E-state index is 12.7. The highest BCUT2D eigenvalue weighted by molar-refractivity contribution is 6.36. The Balaban J connectivity index is 1.37. The minimum Gasteiger partial charge on any atom is -0.352 e. The molecule has 4 rings (SSSR count). The van der Waals surface area contributed by atoms with Crippen LogP contribution < -0.4 is 4.90 Å². The van der Waals surface area contributed by atoms with Crippen LogP contribution in [0.15, 0.2) is 54.6 Å². The zero-order valence-electron chi connectivity index (χ0n) is 16.7. The Hall–Kier alpha value is -2.63. The van der Waals surface area contributed by atoms with E-state index in [4.69, 9.17) is 23.2 Å². The number of hydrogen-bond donors (Lipinski definition) is 0. The third kappa shape index (κ3) is 4.58. The van der Waals surface area contributed by atoms with Crippen molar-refractivity contribution >= 4 is 34.9 Å². The molecule has 2 heterocycles. The smallest absolute Gasteiger partial charge is 0.227 e. The number of aryl methyl sites for hydroxylation is 1. The van der Waals surface area contributed by atoms with Crippen molar-refractivity contribution in [2.24, 2.45) is 0 Å². The van der Waals surface area contributed by atoms with Crippen molar-refractivity contribution in [2.45, 2.75) is 13.3 Å². The van der Waals surface area contributed by atoms with E-state index in [0.717, 1.165) is 35.6 Å². The molecular weight excluding hydrogens is 419 g/mol. The van der Waals surface area contributed by atoms with Crippen molar-refractivity contribution in [2.75, 3.05) is 31.1 Å². The lowest BCUT2D eigenvalue weighted by Gasteiger charge is -2.35. The van der Waals surface area contributed by atoms with Crippen molar-refractivity contribution in [3.63, 3.8) is 0 Å². The average molecular weight is 441 g/mol. The van der Waals surface area contributed by atoms with Crippen LogP contribution in [-0.2, 0) is 11.2 Å². The largest absolute Gasteiger partial charge is 0.352 e. The third-order valence-electron chi connectivity index (χ3n) is 5.42. The molecule has 0 atom stereocenters. The Morgan fingerprint density at radius 2 is 1.73 bits per heavy atom. The molecule has 3 aromatic rings. The quantitative estimate of drug-likeness (QED) is 0.592. The van der Waals surface area contributed by atoms with Crippen LogP contribution >= 0.6 is 23.2 Å². The van der Waals surface area contributed by atoms with Gasteiger partial charge in [0, 0.05) is 36.8 Å². The first-order valence-electron chi connectivity index (χ1n) is 9.87. The summed E-state index contributed by atoms with van der Waals surface area (Å²) in [7, 11) is 0. The van der Waals surface area contributed by atoms with Gasteiger partial charge in [0.2, 0.25) is 5.91 Å². The van der Waals surface area contributed by atoms with Crippen molar-refractivity contribution in [3.8, 4) is 11.3 Å². The van der Waals surface area contributed by atoms with Gasteiger partial charge in [0.1, 0.15) is 0 Å². The molecule has 5 nitrogen and oxygen atoms in total. The number of halogens is 2. The summed E-state index contributed by atoms with van der Waals surface area (Å²) in [4.78, 5) is 16.8. The zero-order valence-corrected chi connectivity index (χ0v) is 18.2. The SMILES string of the molecule is Cc1ccccc1CC(=O)N1CCN(c2ccc(-c3ccc(Cl)cc3Cl)nn2)CC1. The molecule has 1 aliphatic rings. The Kier molecular flexibility index (Phi) is 6.21. The second-order valence-corrected chi connectivity index (χ2v) is 8.22. The fourth-order valence-corrected chi connectivity index (χ4v) is 4.11. The van der Waals surface area contributed by atoms with Gasteiger partial charge in [-0.15, -0.1) is 10.2 Å². The number of aromatic nitrogens is 2. The van der Waals surface area contributed by atoms with Gasteiger partial charge in [0.05, 0.1) is 17.1 Å². The molecular formula is C23H22Cl2N4O. The fourth-order valence-electron chi connectivity index (χ4n) is 3.60. The summed E-state index contributed by atoms with van der Waals surface area (Å²) in [6, 6.07) is 17.2. The van der Waals surface area contributed by atoms with Gasteiger partial charge >= 0.3 is 0 Å². The average Bonchev–Trinajstić information content (AvgIpc) is 2.76. The van der Waals surface area contributed by atoms with E-state index in [-0.39, 0.29) is 5.91 Å². The molecule has 154 valence electrons. The van der Waals surface area contributed by atoms with Gasteiger partial charge in [-0.25, -0.2) is 0 Å². The first kappa shape index (κ1) is 20.6. The highest BCUT2D eigenvalue weighted by Gasteiger charge is 2.22. The summed E-state index contributed by atoms with van der Waals surface area (Å²) < 4.78 is 0. The number of anilines is 1. The Bertz CT molecular complexity index is 1050. The van der Waals surface area contributed by atoms with E-state index in [2.05, 4.69) is 15.1 Å². The van der Waals surface area contributed by atoms with E-state index < -0.39 is 0 Å². The maximum Gasteiger partial charge on any atom is 0.227 e. The number of carbonyl (C=O) groups is 1. The highest BCUT2D eigenvalue weighted by Crippen LogP contribution is 2.29. The molecule has 0 N–H and O–H groups in total. The monoisotopic (exact) mass is 440 g/mol. The summed E-state index contributed by atoms with van der Waals surface area (Å²) in [5, 5.41) is 9.84. The number of rotatable bonds is 4. The van der Waals surface area contributed by atoms with E-state index in [0.29, 0.717) is 35.2 Å². The van der Waals surface area contributed by atoms with Crippen LogP contribution in [0.3, 0.4) is 0 Å². The third-order valence-corrected chi connectivity index (χ3v) is 5.96. The zero-order chi connectivity index (χ0) is 21.1. The molecule has 0 bridgehead atoms. The molecule has 0 radical (unpaired) electrons. The van der Waals surface area contributed by atoms with Crippen LogP contribution in [0.25, 0.3) is 11.3 Å². The molecule has 1 fully saturated rings. The fraction of sp³-hybridized carbons (Fsp3) is 0.261. The summed E-state index contributed by atoms with van der Waals surface area (Å²) in [5.74, 6) is 0.970. The molecule has 0 aliphatic carbocycles. The number of hydrogen-bond acceptors (Lipinski definition) is 4. The standard InChI is InChI=1S/C23H22Cl2N4O/c1-16-4-2-3-5-17(16)14-23(30)29-12-10-28(11-13-29)22-9-8-21(26-27-22)19-7-6-18(24)15-20(19)25/h2-9,15H,10-14H2,1H3. The molecule has 0 unspecified atom stereocenters. The van der Waals surface area contributed by atoms with Crippen LogP contribution in [0.4, 0.5) is 5.82 Å². The van der Waals surface area contributed by atoms with E-state index in [1.807, 2.05) is 54.3 Å². The normalized spacial score (nSPS) is 14.1. The van der Waals surface area contributed by atoms with Crippen LogP contribution in [0.5, 0.6) is 0 Å². The number of carbonyl (C=O) groups excluding carboxylic acids is 1. The molecule has 7 heteroatoms. The summed E-state index contributed by atoms with van der Waals surface area (Å²) in [6.45, 7) is 4.86. The van der Waals surface area contributed by atoms with Gasteiger partial charge in [-0.3, -0.25) is 4.79 Å². The predicted octanol–water partition coefficient (Wildman–Crippen LogP) is 4.65. The molecule has 1 aliphatic heterocycles. The molecule has 0 saturated carbocycles. The van der Waals surface area contributed by atoms with Crippen molar-refractivity contribution in [1.82, 2.24) is 15.1 Å². The van der Waals surface area contributed by atoms with Crippen LogP contribution in [0, 0.1) is 6.92 Å². The lowest BCUT2D eigenvalue weighted by molar-refractivity contribution is -0.130. The lowest BCUT2D eigenvalue weighted by atomic mass is 10.1. The van der Waals surface area contributed by atoms with Gasteiger partial charge in [-0.05, 0) is 48.4 Å². The minimum atomic E-state index is 0.169. The molecule has 30 heavy (non-hydrogen) atoms. The minimum absolute atomic E-state index is 0.169. The van der Waals surface area contributed by atoms with Crippen LogP contribution in [0.1, 0.15) is 11.1 Å². The molecule has 1 aromatic heterocycles. The first-order valence-corrected chi connectivity index (χ1v) is 10.6. The molecule has 1 saturated heterocycles. The van der Waals surface area contributed by atoms with Gasteiger partial charge in [0.15, 0.2) is 5.82 Å². The molecule has 2 aromatic carbocycles. The summed E-state index contributed by atoms with van der Waals surface area (Å²) in [6.07, 6.45) is 0.447. The Morgan fingerprint density at radius 1 is 0.967 bits per heavy atom. The summed E-state index contributed by atoms with van der Waals surface area (Å²) in [5.41, 5.74) is 3.74. The van der Waals surface area contributed by atoms with E-state index in [1.165, 1.54) is 0 Å². The lowest BCUT2D eigenvalue weighted by Crippen LogP contribution is -2.49. The van der Waals surface area contributed by atoms with Gasteiger partial charge in [-0.1, -0.05) is 47.5 Å². The second-order valence-electron chi connectivity index (χ2n) is 7.37. The van der Waals surface area contributed by atoms with Crippen LogP contribution in [-0.4, -0.2) is 47.2 Å². The Morgan fingerprint density at radius 3 is 2.40 bits per heavy atom. The van der Waals surface area contributed by atoms with Crippen LogP contribution in [0.2, 0.25) is 10.0 Å². The second kappa shape index (κ2) is 9.02. The van der Waals surface area contributed by atoms with Crippen molar-refractivity contribution in [3.05, 3.63) is 75.8 Å². The topological polar surface area (TPSA) is 49.3 Å². The highest BCUT2D eigenvalue weighted by atomic mass is 35.5. The van der Waals surface area contributed by atoms with Gasteiger partial charge in [0.25, 0.3) is 0 Å². The van der Waals surface area contributed by atoms with E-state index >= 15 is 0 Å². The number of nitrogens with zero attached hydrogens (tertiary/aromatic N) is 4.